The first-order chi connectivity index (χ1) is 18.1. The fourth-order valence-electron chi connectivity index (χ4n) is 5.97. The van der Waals surface area contributed by atoms with Crippen LogP contribution < -0.4 is 4.74 Å². The second kappa shape index (κ2) is 12.3. The van der Waals surface area contributed by atoms with Crippen molar-refractivity contribution in [1.29, 1.82) is 0 Å². The summed E-state index contributed by atoms with van der Waals surface area (Å²) >= 11 is 0. The van der Waals surface area contributed by atoms with Crippen molar-refractivity contribution in [2.75, 3.05) is 79.7 Å². The van der Waals surface area contributed by atoms with E-state index in [2.05, 4.69) is 4.90 Å². The van der Waals surface area contributed by atoms with Crippen molar-refractivity contribution in [3.63, 3.8) is 0 Å². The van der Waals surface area contributed by atoms with E-state index in [0.29, 0.717) is 48.2 Å². The minimum Gasteiger partial charge on any atom is -0.497 e. The van der Waals surface area contributed by atoms with Crippen LogP contribution in [0.5, 0.6) is 5.75 Å². The number of hydrogen-bond acceptors (Lipinski definition) is 7. The minimum absolute atomic E-state index is 0.0770. The summed E-state index contributed by atoms with van der Waals surface area (Å²) in [6.07, 6.45) is 3.04. The molecule has 0 saturated carbocycles. The lowest BCUT2D eigenvalue weighted by Crippen LogP contribution is -2.38. The molecule has 0 radical (unpaired) electrons. The fourth-order valence-corrected chi connectivity index (χ4v) is 7.53. The number of amides is 2. The zero-order valence-corrected chi connectivity index (χ0v) is 24.0. The molecule has 3 saturated heterocycles. The van der Waals surface area contributed by atoms with Gasteiger partial charge in [-0.1, -0.05) is 0 Å². The van der Waals surface area contributed by atoms with Gasteiger partial charge in [0.1, 0.15) is 12.4 Å². The summed E-state index contributed by atoms with van der Waals surface area (Å²) in [7, 11) is -0.639. The summed E-state index contributed by atoms with van der Waals surface area (Å²) in [5.41, 5.74) is 1.24. The van der Waals surface area contributed by atoms with E-state index in [4.69, 9.17) is 9.47 Å². The molecule has 2 atom stereocenters. The number of carbonyl (C=O) groups is 2. The van der Waals surface area contributed by atoms with Gasteiger partial charge in [-0.05, 0) is 63.0 Å². The molecule has 0 bridgehead atoms. The molecule has 10 nitrogen and oxygen atoms in total. The Hall–Kier alpha value is -2.21. The molecule has 2 amide bonds. The summed E-state index contributed by atoms with van der Waals surface area (Å²) in [6, 6.07) is 3.41. The number of ether oxygens (including phenoxy) is 2. The average molecular weight is 551 g/mol. The van der Waals surface area contributed by atoms with Gasteiger partial charge in [0.25, 0.3) is 0 Å². The number of rotatable bonds is 11. The van der Waals surface area contributed by atoms with Crippen LogP contribution in [0.4, 0.5) is 0 Å². The van der Waals surface area contributed by atoms with Gasteiger partial charge < -0.3 is 24.2 Å². The highest BCUT2D eigenvalue weighted by atomic mass is 32.2. The molecule has 4 rings (SSSR count). The van der Waals surface area contributed by atoms with Crippen LogP contribution in [-0.4, -0.2) is 119 Å². The van der Waals surface area contributed by atoms with Crippen LogP contribution in [-0.2, 0) is 24.3 Å². The molecule has 3 heterocycles. The molecule has 11 heteroatoms. The maximum absolute atomic E-state index is 13.1. The topological polar surface area (TPSA) is 99.7 Å². The average Bonchev–Trinajstić information content (AvgIpc) is 3.61. The molecular weight excluding hydrogens is 508 g/mol. The maximum Gasteiger partial charge on any atom is 0.248 e. The third kappa shape index (κ3) is 6.50. The first-order valence-electron chi connectivity index (χ1n) is 13.6. The van der Waals surface area contributed by atoms with Gasteiger partial charge in [-0.25, -0.2) is 8.42 Å². The van der Waals surface area contributed by atoms with E-state index in [1.165, 1.54) is 24.2 Å². The van der Waals surface area contributed by atoms with Crippen molar-refractivity contribution in [2.24, 2.45) is 11.8 Å². The number of benzene rings is 1. The fraction of sp³-hybridized carbons (Fsp3) is 0.704. The van der Waals surface area contributed by atoms with Gasteiger partial charge >= 0.3 is 0 Å². The second-order valence-corrected chi connectivity index (χ2v) is 12.9. The molecule has 0 spiro atoms. The first kappa shape index (κ1) is 28.8. The summed E-state index contributed by atoms with van der Waals surface area (Å²) in [5.74, 6) is 1.40. The predicted octanol–water partition coefficient (Wildman–Crippen LogP) is 1.35. The molecule has 1 aromatic rings. The van der Waals surface area contributed by atoms with Crippen molar-refractivity contribution in [3.05, 3.63) is 23.3 Å². The lowest BCUT2D eigenvalue weighted by atomic mass is 10.0. The van der Waals surface area contributed by atoms with Crippen LogP contribution in [0.25, 0.3) is 0 Å². The standard InChI is InChI=1S/C27H42N4O6S/c1-20-13-24(36-4)14-21(2)27(20)38(34,35)28(3)11-12-37-19-26(33)31-17-22-15-30(16-23(22)18-31)25(32)7-10-29-8-5-6-9-29/h13-14,22-23H,5-12,15-19H2,1-4H3/t22-,23+. The van der Waals surface area contributed by atoms with Gasteiger partial charge in [0, 0.05) is 64.6 Å². The van der Waals surface area contributed by atoms with Gasteiger partial charge in [0.15, 0.2) is 0 Å². The van der Waals surface area contributed by atoms with E-state index < -0.39 is 10.0 Å². The minimum atomic E-state index is -3.71. The van der Waals surface area contributed by atoms with Gasteiger partial charge in [0.2, 0.25) is 21.8 Å². The number of nitrogens with zero attached hydrogens (tertiary/aromatic N) is 4. The Morgan fingerprint density at radius 2 is 1.53 bits per heavy atom. The normalized spacial score (nSPS) is 21.9. The quantitative estimate of drug-likeness (QED) is 0.384. The van der Waals surface area contributed by atoms with E-state index >= 15 is 0 Å². The molecule has 212 valence electrons. The Morgan fingerprint density at radius 3 is 2.08 bits per heavy atom. The molecule has 38 heavy (non-hydrogen) atoms. The van der Waals surface area contributed by atoms with Crippen molar-refractivity contribution in [2.45, 2.75) is 38.0 Å². The lowest BCUT2D eigenvalue weighted by Gasteiger charge is -2.23. The molecule has 0 aromatic heterocycles. The highest BCUT2D eigenvalue weighted by Crippen LogP contribution is 2.32. The van der Waals surface area contributed by atoms with Crippen LogP contribution in [0, 0.1) is 25.7 Å². The summed E-state index contributed by atoms with van der Waals surface area (Å²) in [6.45, 7) is 9.48. The molecule has 0 aliphatic carbocycles. The Morgan fingerprint density at radius 1 is 0.974 bits per heavy atom. The lowest BCUT2D eigenvalue weighted by molar-refractivity contribution is -0.135. The zero-order chi connectivity index (χ0) is 27.4. The Balaban J connectivity index is 1.17. The Labute approximate surface area is 226 Å². The van der Waals surface area contributed by atoms with Crippen LogP contribution in [0.3, 0.4) is 0 Å². The van der Waals surface area contributed by atoms with Crippen LogP contribution in [0.15, 0.2) is 17.0 Å². The molecule has 3 fully saturated rings. The van der Waals surface area contributed by atoms with Crippen molar-refractivity contribution < 1.29 is 27.5 Å². The maximum atomic E-state index is 13.1. The number of fused-ring (bicyclic) bond motifs is 1. The SMILES string of the molecule is COc1cc(C)c(S(=O)(=O)N(C)CCOCC(=O)N2C[C@H]3CN(C(=O)CCN4CCCC4)C[C@H]3C2)c(C)c1. The molecule has 1 aromatic carbocycles. The molecule has 0 unspecified atom stereocenters. The van der Waals surface area contributed by atoms with E-state index in [1.54, 1.807) is 33.1 Å². The number of likely N-dealkylation sites (tertiary alicyclic amines) is 3. The summed E-state index contributed by atoms with van der Waals surface area (Å²) in [5, 5.41) is 0. The number of sulfonamides is 1. The Kier molecular flexibility index (Phi) is 9.33. The van der Waals surface area contributed by atoms with Crippen molar-refractivity contribution >= 4 is 21.8 Å². The van der Waals surface area contributed by atoms with Gasteiger partial charge in [-0.15, -0.1) is 0 Å². The van der Waals surface area contributed by atoms with Crippen molar-refractivity contribution in [3.8, 4) is 5.75 Å². The smallest absolute Gasteiger partial charge is 0.248 e. The van der Waals surface area contributed by atoms with E-state index in [-0.39, 0.29) is 36.5 Å². The van der Waals surface area contributed by atoms with Crippen molar-refractivity contribution in [1.82, 2.24) is 19.0 Å². The number of carbonyl (C=O) groups excluding carboxylic acids is 2. The second-order valence-electron chi connectivity index (χ2n) is 10.9. The predicted molar refractivity (Wildman–Crippen MR) is 144 cm³/mol. The highest BCUT2D eigenvalue weighted by molar-refractivity contribution is 7.89. The highest BCUT2D eigenvalue weighted by Gasteiger charge is 2.42. The Bertz CT molecular complexity index is 1080. The van der Waals surface area contributed by atoms with Gasteiger partial charge in [-0.3, -0.25) is 9.59 Å². The monoisotopic (exact) mass is 550 g/mol. The van der Waals surface area contributed by atoms with Gasteiger partial charge in [0.05, 0.1) is 18.6 Å². The first-order valence-corrected chi connectivity index (χ1v) is 15.0. The van der Waals surface area contributed by atoms with E-state index in [0.717, 1.165) is 32.7 Å². The van der Waals surface area contributed by atoms with Crippen LogP contribution in [0.2, 0.25) is 0 Å². The molecular formula is C27H42N4O6S. The van der Waals surface area contributed by atoms with Crippen LogP contribution in [0.1, 0.15) is 30.4 Å². The zero-order valence-electron chi connectivity index (χ0n) is 23.1. The van der Waals surface area contributed by atoms with E-state index in [1.807, 2.05) is 9.80 Å². The van der Waals surface area contributed by atoms with E-state index in [9.17, 15) is 18.0 Å². The number of hydrogen-bond donors (Lipinski definition) is 0. The molecule has 3 aliphatic heterocycles. The summed E-state index contributed by atoms with van der Waals surface area (Å²) in [4.78, 5) is 31.8. The molecule has 3 aliphatic rings. The van der Waals surface area contributed by atoms with Crippen LogP contribution >= 0.6 is 0 Å². The third-order valence-corrected chi connectivity index (χ3v) is 10.3. The molecule has 0 N–H and O–H groups in total. The number of methoxy groups -OCH3 is 1. The summed E-state index contributed by atoms with van der Waals surface area (Å²) < 4.78 is 38.3. The largest absolute Gasteiger partial charge is 0.497 e. The third-order valence-electron chi connectivity index (χ3n) is 8.15. The van der Waals surface area contributed by atoms with Gasteiger partial charge in [-0.2, -0.15) is 4.31 Å². The number of aryl methyl sites for hydroxylation is 2. The number of likely N-dealkylation sites (N-methyl/N-ethyl adjacent to an activating group) is 1.